The number of likely N-dealkylation sites (tertiary alicyclic amines) is 1. The second-order valence-corrected chi connectivity index (χ2v) is 16.0. The van der Waals surface area contributed by atoms with Gasteiger partial charge in [-0.2, -0.15) is 18.3 Å². The molecule has 2 saturated carbocycles. The summed E-state index contributed by atoms with van der Waals surface area (Å²) in [4.78, 5) is 38.7. The van der Waals surface area contributed by atoms with Crippen molar-refractivity contribution in [3.8, 4) is 11.1 Å². The number of rotatable bonds is 9. The van der Waals surface area contributed by atoms with E-state index in [1.807, 2.05) is 24.8 Å². The Bertz CT molecular complexity index is 2040. The third-order valence-corrected chi connectivity index (χ3v) is 11.5. The van der Waals surface area contributed by atoms with Crippen LogP contribution >= 0.6 is 0 Å². The van der Waals surface area contributed by atoms with Gasteiger partial charge in [-0.3, -0.25) is 24.2 Å². The summed E-state index contributed by atoms with van der Waals surface area (Å²) in [6, 6.07) is 5.51. The Morgan fingerprint density at radius 3 is 2.47 bits per heavy atom. The van der Waals surface area contributed by atoms with E-state index in [0.717, 1.165) is 43.0 Å². The zero-order valence-electron chi connectivity index (χ0n) is 30.1. The number of aryl methyl sites for hydroxylation is 1. The lowest BCUT2D eigenvalue weighted by molar-refractivity contribution is -0.141. The maximum atomic E-state index is 16.6. The molecule has 11 nitrogen and oxygen atoms in total. The molecule has 4 N–H and O–H groups in total. The predicted molar refractivity (Wildman–Crippen MR) is 189 cm³/mol. The van der Waals surface area contributed by atoms with Gasteiger partial charge in [0.2, 0.25) is 5.91 Å². The number of primary amides is 1. The fraction of sp³-hybridized carbons (Fsp3) is 0.553. The van der Waals surface area contributed by atoms with Crippen molar-refractivity contribution in [3.05, 3.63) is 64.0 Å². The van der Waals surface area contributed by atoms with Crippen molar-refractivity contribution >= 4 is 23.3 Å². The molecule has 2 amide bonds. The summed E-state index contributed by atoms with van der Waals surface area (Å²) >= 11 is 0. The maximum Gasteiger partial charge on any atom is 0.433 e. The van der Waals surface area contributed by atoms with E-state index < -0.39 is 34.7 Å². The Balaban J connectivity index is 1.15. The molecule has 53 heavy (non-hydrogen) atoms. The van der Waals surface area contributed by atoms with Crippen molar-refractivity contribution in [1.29, 1.82) is 0 Å². The van der Waals surface area contributed by atoms with Crippen LogP contribution in [0.2, 0.25) is 0 Å². The molecule has 3 aromatic rings. The molecule has 1 spiro atoms. The summed E-state index contributed by atoms with van der Waals surface area (Å²) in [6.07, 6.45) is -0.121. The minimum absolute atomic E-state index is 0.0739. The van der Waals surface area contributed by atoms with Crippen LogP contribution in [0.1, 0.15) is 105 Å². The average Bonchev–Trinajstić information content (AvgIpc) is 4.00. The van der Waals surface area contributed by atoms with Gasteiger partial charge in [0.1, 0.15) is 29.4 Å². The van der Waals surface area contributed by atoms with Crippen molar-refractivity contribution < 1.29 is 32.3 Å². The summed E-state index contributed by atoms with van der Waals surface area (Å²) < 4.78 is 58.9. The number of hydrogen-bond donors (Lipinski definition) is 3. The number of aliphatic imine (C=N–C) groups is 1. The first-order valence-corrected chi connectivity index (χ1v) is 18.4. The number of aromatic nitrogens is 3. The number of pyridine rings is 1. The largest absolute Gasteiger partial charge is 0.433 e. The zero-order valence-corrected chi connectivity index (χ0v) is 30.1. The highest BCUT2D eigenvalue weighted by Crippen LogP contribution is 2.48. The molecule has 3 aliphatic heterocycles. The Hall–Kier alpha value is -4.37. The molecule has 0 bridgehead atoms. The first-order chi connectivity index (χ1) is 25.0. The second-order valence-electron chi connectivity index (χ2n) is 16.0. The van der Waals surface area contributed by atoms with Gasteiger partial charge in [-0.15, -0.1) is 0 Å². The van der Waals surface area contributed by atoms with E-state index in [4.69, 9.17) is 10.7 Å². The van der Waals surface area contributed by atoms with E-state index in [-0.39, 0.29) is 42.7 Å². The molecule has 0 unspecified atom stereocenters. The summed E-state index contributed by atoms with van der Waals surface area (Å²) in [5, 5.41) is 18.2. The Labute approximate surface area is 304 Å². The number of amidine groups is 1. The quantitative estimate of drug-likeness (QED) is 0.265. The summed E-state index contributed by atoms with van der Waals surface area (Å²) in [5.74, 6) is -0.916. The Kier molecular flexibility index (Phi) is 8.48. The number of carbonyl (C=O) groups excluding carboxylic acids is 2. The lowest BCUT2D eigenvalue weighted by Crippen LogP contribution is -2.53. The maximum absolute atomic E-state index is 16.6. The van der Waals surface area contributed by atoms with E-state index in [1.54, 1.807) is 11.6 Å². The molecule has 3 atom stereocenters. The van der Waals surface area contributed by atoms with Gasteiger partial charge in [0.05, 0.1) is 22.7 Å². The number of nitrogens with one attached hydrogen (secondary N) is 1. The number of aliphatic hydroxyl groups is 1. The van der Waals surface area contributed by atoms with Crippen LogP contribution in [0.5, 0.6) is 0 Å². The van der Waals surface area contributed by atoms with Crippen molar-refractivity contribution in [2.24, 2.45) is 10.7 Å². The second kappa shape index (κ2) is 12.6. The van der Waals surface area contributed by atoms with Crippen molar-refractivity contribution in [3.63, 3.8) is 0 Å². The van der Waals surface area contributed by atoms with Crippen LogP contribution < -0.4 is 16.0 Å². The van der Waals surface area contributed by atoms with Crippen molar-refractivity contribution in [2.45, 2.75) is 114 Å². The highest BCUT2D eigenvalue weighted by atomic mass is 19.4. The number of benzene rings is 1. The minimum Gasteiger partial charge on any atom is -0.389 e. The third kappa shape index (κ3) is 6.70. The number of piperidine rings is 1. The topological polar surface area (TPSA) is 142 Å². The van der Waals surface area contributed by atoms with Crippen molar-refractivity contribution in [1.82, 2.24) is 25.0 Å². The number of alkyl halides is 3. The van der Waals surface area contributed by atoms with Crippen LogP contribution in [0.15, 0.2) is 29.3 Å². The summed E-state index contributed by atoms with van der Waals surface area (Å²) in [6.45, 7) is 7.16. The first kappa shape index (κ1) is 35.6. The van der Waals surface area contributed by atoms with E-state index >= 15 is 4.39 Å². The van der Waals surface area contributed by atoms with E-state index in [0.29, 0.717) is 72.7 Å². The van der Waals surface area contributed by atoms with Crippen molar-refractivity contribution in [2.75, 3.05) is 24.5 Å². The molecule has 15 heteroatoms. The van der Waals surface area contributed by atoms with Gasteiger partial charge in [-0.1, -0.05) is 0 Å². The van der Waals surface area contributed by atoms with E-state index in [9.17, 15) is 27.9 Å². The zero-order chi connectivity index (χ0) is 37.6. The van der Waals surface area contributed by atoms with Gasteiger partial charge >= 0.3 is 6.18 Å². The molecule has 5 heterocycles. The van der Waals surface area contributed by atoms with Gasteiger partial charge in [0, 0.05) is 72.9 Å². The number of anilines is 1. The smallest absolute Gasteiger partial charge is 0.389 e. The van der Waals surface area contributed by atoms with Gasteiger partial charge in [-0.05, 0) is 89.1 Å². The predicted octanol–water partition coefficient (Wildman–Crippen LogP) is 4.91. The third-order valence-electron chi connectivity index (χ3n) is 11.5. The molecule has 2 aromatic heterocycles. The fourth-order valence-corrected chi connectivity index (χ4v) is 8.61. The summed E-state index contributed by atoms with van der Waals surface area (Å²) in [7, 11) is 0. The molecule has 0 radical (unpaired) electrons. The highest BCUT2D eigenvalue weighted by molar-refractivity contribution is 6.16. The number of nitrogens with two attached hydrogens (primary N) is 1. The van der Waals surface area contributed by atoms with Gasteiger partial charge in [-0.25, -0.2) is 9.37 Å². The molecule has 4 fully saturated rings. The minimum atomic E-state index is -4.59. The average molecular weight is 737 g/mol. The molecule has 5 aliphatic rings. The van der Waals surface area contributed by atoms with Crippen LogP contribution in [0.3, 0.4) is 0 Å². The van der Waals surface area contributed by atoms with Crippen LogP contribution in [-0.4, -0.2) is 79.2 Å². The Morgan fingerprint density at radius 2 is 1.85 bits per heavy atom. The molecule has 282 valence electrons. The molecular weight excluding hydrogens is 692 g/mol. The van der Waals surface area contributed by atoms with Crippen LogP contribution in [0.4, 0.5) is 23.2 Å². The Morgan fingerprint density at radius 1 is 1.11 bits per heavy atom. The number of nitrogens with zero attached hydrogens (tertiary/aromatic N) is 6. The number of β-amino-alcohol motifs (C(OH)–C–C–N with tert-alkyl or cyclic N) is 1. The lowest BCUT2D eigenvalue weighted by Gasteiger charge is -2.43. The van der Waals surface area contributed by atoms with Gasteiger partial charge in [0.25, 0.3) is 5.91 Å². The number of hydrogen-bond acceptors (Lipinski definition) is 8. The normalized spacial score (nSPS) is 26.4. The standard InChI is InChI=1S/C38H44F4N8O3/c1-20-16-37(35(52)45-34(46-37)25-8-9-29(38(40,41)42)44-32(25)22-4-5-22)11-13-49(20)28-15-24(14-27(39)26(28)17-48-12-10-36(3,53)19-48)31-21(2)47-50(18-30(43)51)33(31)23-6-7-23/h8-9,14-15,20,22-23,53H,4-7,10-13,16-19H2,1-3H3,(H2,43,51)(H,45,46,52)/t20-,36+,37+/m0/s1. The summed E-state index contributed by atoms with van der Waals surface area (Å²) in [5.41, 5.74) is 7.40. The number of amides is 2. The van der Waals surface area contributed by atoms with Crippen LogP contribution in [-0.2, 0) is 28.9 Å². The monoisotopic (exact) mass is 736 g/mol. The van der Waals surface area contributed by atoms with E-state index in [2.05, 4.69) is 20.3 Å². The highest BCUT2D eigenvalue weighted by Gasteiger charge is 2.50. The van der Waals surface area contributed by atoms with Crippen LogP contribution in [0.25, 0.3) is 11.1 Å². The number of carbonyl (C=O) groups is 2. The molecule has 8 rings (SSSR count). The number of halogens is 4. The SMILES string of the molecule is Cc1nn(CC(N)=O)c(C2CC2)c1-c1cc(F)c(CN2CC[C@@](C)(O)C2)c(N2CC[C@]3(C[C@@H]2C)N=C(c2ccc(C(F)(F)F)nc2C2CC2)NC3=O)c1. The molecule has 1 aromatic carbocycles. The molecule has 2 aliphatic carbocycles. The fourth-order valence-electron chi connectivity index (χ4n) is 8.61. The first-order valence-electron chi connectivity index (χ1n) is 18.4. The van der Waals surface area contributed by atoms with Gasteiger partial charge < -0.3 is 21.1 Å². The molecule has 2 saturated heterocycles. The van der Waals surface area contributed by atoms with E-state index in [1.165, 1.54) is 12.1 Å². The van der Waals surface area contributed by atoms with Crippen LogP contribution in [0, 0.1) is 12.7 Å². The molecular formula is C38H44F4N8O3. The lowest BCUT2D eigenvalue weighted by atomic mass is 9.83. The van der Waals surface area contributed by atoms with Gasteiger partial charge in [0.15, 0.2) is 0 Å².